The number of rotatable bonds is 3. The molecule has 0 radical (unpaired) electrons. The standard InChI is InChI=1S/C16H23N/c1-11(17-2)9-16-14-7-3-5-12(14)10-13-6-4-8-15(13)16/h10-11,17H,3-9H2,1-2H3. The van der Waals surface area contributed by atoms with Crippen LogP contribution in [-0.2, 0) is 32.1 Å². The number of aryl methyl sites for hydroxylation is 2. The first-order valence-corrected chi connectivity index (χ1v) is 7.12. The number of fused-ring (bicyclic) bond motifs is 2. The summed E-state index contributed by atoms with van der Waals surface area (Å²) in [5.74, 6) is 0. The van der Waals surface area contributed by atoms with Gasteiger partial charge < -0.3 is 5.32 Å². The summed E-state index contributed by atoms with van der Waals surface area (Å²) >= 11 is 0. The molecule has 0 fully saturated rings. The van der Waals surface area contributed by atoms with Crippen LogP contribution < -0.4 is 5.32 Å². The normalized spacial score (nSPS) is 19.2. The van der Waals surface area contributed by atoms with Gasteiger partial charge in [-0.2, -0.15) is 0 Å². The molecule has 0 bridgehead atoms. The smallest absolute Gasteiger partial charge is 0.00763 e. The molecular weight excluding hydrogens is 206 g/mol. The molecule has 0 heterocycles. The number of benzene rings is 1. The lowest BCUT2D eigenvalue weighted by Gasteiger charge is -2.18. The molecule has 0 aromatic heterocycles. The van der Waals surface area contributed by atoms with Crippen molar-refractivity contribution in [3.8, 4) is 0 Å². The largest absolute Gasteiger partial charge is 0.317 e. The molecule has 0 spiro atoms. The van der Waals surface area contributed by atoms with Crippen molar-refractivity contribution in [3.05, 3.63) is 33.9 Å². The topological polar surface area (TPSA) is 12.0 Å². The molecule has 2 aliphatic carbocycles. The van der Waals surface area contributed by atoms with Crippen LogP contribution in [0.1, 0.15) is 47.6 Å². The minimum atomic E-state index is 0.604. The van der Waals surface area contributed by atoms with Crippen LogP contribution in [0.25, 0.3) is 0 Å². The Morgan fingerprint density at radius 2 is 1.65 bits per heavy atom. The van der Waals surface area contributed by atoms with E-state index in [0.717, 1.165) is 0 Å². The zero-order valence-corrected chi connectivity index (χ0v) is 11.1. The van der Waals surface area contributed by atoms with Crippen LogP contribution in [-0.4, -0.2) is 13.1 Å². The Hall–Kier alpha value is -0.820. The fraction of sp³-hybridized carbons (Fsp3) is 0.625. The van der Waals surface area contributed by atoms with Gasteiger partial charge in [-0.05, 0) is 86.7 Å². The van der Waals surface area contributed by atoms with E-state index in [9.17, 15) is 0 Å². The Balaban J connectivity index is 2.05. The van der Waals surface area contributed by atoms with Crippen LogP contribution in [0.15, 0.2) is 6.07 Å². The monoisotopic (exact) mass is 229 g/mol. The first-order chi connectivity index (χ1) is 8.29. The molecular formula is C16H23N. The van der Waals surface area contributed by atoms with Crippen molar-refractivity contribution in [3.63, 3.8) is 0 Å². The van der Waals surface area contributed by atoms with Crippen LogP contribution in [0.5, 0.6) is 0 Å². The highest BCUT2D eigenvalue weighted by atomic mass is 14.8. The summed E-state index contributed by atoms with van der Waals surface area (Å²) < 4.78 is 0. The molecule has 1 aromatic rings. The second kappa shape index (κ2) is 4.45. The van der Waals surface area contributed by atoms with E-state index in [-0.39, 0.29) is 0 Å². The summed E-state index contributed by atoms with van der Waals surface area (Å²) in [7, 11) is 2.08. The lowest BCUT2D eigenvalue weighted by Crippen LogP contribution is -2.24. The van der Waals surface area contributed by atoms with E-state index in [1.165, 1.54) is 44.9 Å². The van der Waals surface area contributed by atoms with Crippen LogP contribution in [0.3, 0.4) is 0 Å². The van der Waals surface area contributed by atoms with Gasteiger partial charge in [-0.25, -0.2) is 0 Å². The summed E-state index contributed by atoms with van der Waals surface area (Å²) in [5.41, 5.74) is 8.49. The van der Waals surface area contributed by atoms with Crippen LogP contribution in [0.4, 0.5) is 0 Å². The summed E-state index contributed by atoms with van der Waals surface area (Å²) in [6, 6.07) is 3.13. The van der Waals surface area contributed by atoms with Gasteiger partial charge in [0.25, 0.3) is 0 Å². The summed E-state index contributed by atoms with van der Waals surface area (Å²) in [6.07, 6.45) is 9.27. The number of nitrogens with one attached hydrogen (secondary N) is 1. The van der Waals surface area contributed by atoms with Crippen LogP contribution in [0, 0.1) is 0 Å². The second-order valence-corrected chi connectivity index (χ2v) is 5.73. The molecule has 1 heteroatoms. The first kappa shape index (κ1) is 11.3. The van der Waals surface area contributed by atoms with Crippen molar-refractivity contribution in [2.45, 2.75) is 57.9 Å². The third-order valence-electron chi connectivity index (χ3n) is 4.60. The SMILES string of the molecule is CNC(C)Cc1c2c(cc3c1CCC3)CCC2. The van der Waals surface area contributed by atoms with Gasteiger partial charge in [0.1, 0.15) is 0 Å². The van der Waals surface area contributed by atoms with E-state index in [0.29, 0.717) is 6.04 Å². The molecule has 17 heavy (non-hydrogen) atoms. The van der Waals surface area contributed by atoms with Gasteiger partial charge in [-0.1, -0.05) is 6.07 Å². The molecule has 3 rings (SSSR count). The van der Waals surface area contributed by atoms with E-state index in [2.05, 4.69) is 25.4 Å². The van der Waals surface area contributed by atoms with Crippen LogP contribution >= 0.6 is 0 Å². The number of likely N-dealkylation sites (N-methyl/N-ethyl adjacent to an activating group) is 1. The maximum Gasteiger partial charge on any atom is 0.00763 e. The van der Waals surface area contributed by atoms with E-state index >= 15 is 0 Å². The minimum absolute atomic E-state index is 0.604. The molecule has 0 amide bonds. The first-order valence-electron chi connectivity index (χ1n) is 7.12. The highest BCUT2D eigenvalue weighted by Gasteiger charge is 2.24. The van der Waals surface area contributed by atoms with Gasteiger partial charge in [0.05, 0.1) is 0 Å². The molecule has 0 saturated heterocycles. The Bertz CT molecular complexity index is 401. The third-order valence-corrected chi connectivity index (χ3v) is 4.60. The third kappa shape index (κ3) is 1.91. The Labute approximate surface area is 105 Å². The predicted octanol–water partition coefficient (Wildman–Crippen LogP) is 2.81. The van der Waals surface area contributed by atoms with E-state index in [1.54, 1.807) is 27.8 Å². The van der Waals surface area contributed by atoms with Crippen molar-refractivity contribution < 1.29 is 0 Å². The average Bonchev–Trinajstić information content (AvgIpc) is 2.96. The van der Waals surface area contributed by atoms with Gasteiger partial charge in [-0.15, -0.1) is 0 Å². The fourth-order valence-corrected chi connectivity index (χ4v) is 3.59. The molecule has 1 nitrogen and oxygen atoms in total. The molecule has 0 aliphatic heterocycles. The molecule has 0 saturated carbocycles. The zero-order valence-electron chi connectivity index (χ0n) is 11.1. The summed E-state index contributed by atoms with van der Waals surface area (Å²) in [6.45, 7) is 2.30. The highest BCUT2D eigenvalue weighted by molar-refractivity contribution is 5.50. The van der Waals surface area contributed by atoms with Crippen LogP contribution in [0.2, 0.25) is 0 Å². The number of hydrogen-bond acceptors (Lipinski definition) is 1. The summed E-state index contributed by atoms with van der Waals surface area (Å²) in [4.78, 5) is 0. The number of hydrogen-bond donors (Lipinski definition) is 1. The van der Waals surface area contributed by atoms with Gasteiger partial charge in [-0.3, -0.25) is 0 Å². The molecule has 1 atom stereocenters. The Kier molecular flexibility index (Phi) is 2.96. The lowest BCUT2D eigenvalue weighted by atomic mass is 9.90. The Morgan fingerprint density at radius 3 is 2.18 bits per heavy atom. The predicted molar refractivity (Wildman–Crippen MR) is 72.7 cm³/mol. The lowest BCUT2D eigenvalue weighted by molar-refractivity contribution is 0.603. The zero-order chi connectivity index (χ0) is 11.8. The van der Waals surface area contributed by atoms with Crippen molar-refractivity contribution in [2.24, 2.45) is 0 Å². The average molecular weight is 229 g/mol. The van der Waals surface area contributed by atoms with Crippen molar-refractivity contribution in [1.82, 2.24) is 5.32 Å². The van der Waals surface area contributed by atoms with Crippen molar-refractivity contribution in [1.29, 1.82) is 0 Å². The molecule has 92 valence electrons. The second-order valence-electron chi connectivity index (χ2n) is 5.73. The van der Waals surface area contributed by atoms with E-state index in [1.807, 2.05) is 0 Å². The molecule has 1 aromatic carbocycles. The minimum Gasteiger partial charge on any atom is -0.317 e. The van der Waals surface area contributed by atoms with Crippen molar-refractivity contribution in [2.75, 3.05) is 7.05 Å². The molecule has 2 aliphatic rings. The van der Waals surface area contributed by atoms with Gasteiger partial charge in [0.15, 0.2) is 0 Å². The van der Waals surface area contributed by atoms with Gasteiger partial charge in [0.2, 0.25) is 0 Å². The molecule has 1 unspecified atom stereocenters. The quantitative estimate of drug-likeness (QED) is 0.840. The Morgan fingerprint density at radius 1 is 1.06 bits per heavy atom. The van der Waals surface area contributed by atoms with E-state index < -0.39 is 0 Å². The summed E-state index contributed by atoms with van der Waals surface area (Å²) in [5, 5.41) is 3.40. The van der Waals surface area contributed by atoms with Crippen molar-refractivity contribution >= 4 is 0 Å². The maximum absolute atomic E-state index is 3.40. The molecule has 1 N–H and O–H groups in total. The fourth-order valence-electron chi connectivity index (χ4n) is 3.59. The van der Waals surface area contributed by atoms with Gasteiger partial charge >= 0.3 is 0 Å². The highest BCUT2D eigenvalue weighted by Crippen LogP contribution is 2.35. The van der Waals surface area contributed by atoms with E-state index in [4.69, 9.17) is 0 Å². The van der Waals surface area contributed by atoms with Gasteiger partial charge in [0, 0.05) is 6.04 Å². The maximum atomic E-state index is 3.40.